The molecule has 0 amide bonds. The van der Waals surface area contributed by atoms with Crippen molar-refractivity contribution in [2.24, 2.45) is 10.9 Å². The summed E-state index contributed by atoms with van der Waals surface area (Å²) < 4.78 is 0. The lowest BCUT2D eigenvalue weighted by molar-refractivity contribution is 0.316. The summed E-state index contributed by atoms with van der Waals surface area (Å²) in [5.41, 5.74) is 6.37. The number of oxime groups is 1. The SMILES string of the molecule is CCC(Nc1cccc(Cl)c1)C(N)=NO. The van der Waals surface area contributed by atoms with Gasteiger partial charge in [-0.2, -0.15) is 0 Å². The molecule has 0 aliphatic carbocycles. The largest absolute Gasteiger partial charge is 0.409 e. The average Bonchev–Trinajstić information content (AvgIpc) is 2.25. The zero-order chi connectivity index (χ0) is 11.3. The van der Waals surface area contributed by atoms with Crippen LogP contribution in [0.2, 0.25) is 5.02 Å². The zero-order valence-corrected chi connectivity index (χ0v) is 9.20. The summed E-state index contributed by atoms with van der Waals surface area (Å²) in [4.78, 5) is 0. The van der Waals surface area contributed by atoms with E-state index in [0.29, 0.717) is 5.02 Å². The number of nitrogens with two attached hydrogens (primary N) is 1. The van der Waals surface area contributed by atoms with Gasteiger partial charge < -0.3 is 16.3 Å². The van der Waals surface area contributed by atoms with Crippen LogP contribution in [0.3, 0.4) is 0 Å². The Morgan fingerprint density at radius 1 is 1.67 bits per heavy atom. The molecule has 82 valence electrons. The number of hydrogen-bond donors (Lipinski definition) is 3. The molecule has 1 rings (SSSR count). The third kappa shape index (κ3) is 3.32. The minimum absolute atomic E-state index is 0.164. The van der Waals surface area contributed by atoms with Crippen molar-refractivity contribution >= 4 is 23.1 Å². The van der Waals surface area contributed by atoms with Gasteiger partial charge in [-0.3, -0.25) is 0 Å². The van der Waals surface area contributed by atoms with E-state index in [-0.39, 0.29) is 11.9 Å². The van der Waals surface area contributed by atoms with Gasteiger partial charge >= 0.3 is 0 Å². The molecule has 1 aromatic carbocycles. The Bertz CT molecular complexity index is 354. The third-order valence-corrected chi connectivity index (χ3v) is 2.28. The number of hydrogen-bond acceptors (Lipinski definition) is 3. The van der Waals surface area contributed by atoms with Crippen molar-refractivity contribution in [1.82, 2.24) is 0 Å². The van der Waals surface area contributed by atoms with Crippen molar-refractivity contribution < 1.29 is 5.21 Å². The Hall–Kier alpha value is -1.42. The number of amidine groups is 1. The van der Waals surface area contributed by atoms with Gasteiger partial charge in [0.15, 0.2) is 5.84 Å². The molecule has 0 saturated heterocycles. The van der Waals surface area contributed by atoms with Crippen LogP contribution in [-0.2, 0) is 0 Å². The topological polar surface area (TPSA) is 70.6 Å². The van der Waals surface area contributed by atoms with Crippen LogP contribution >= 0.6 is 11.6 Å². The van der Waals surface area contributed by atoms with E-state index in [0.717, 1.165) is 12.1 Å². The summed E-state index contributed by atoms with van der Waals surface area (Å²) in [6, 6.07) is 7.10. The van der Waals surface area contributed by atoms with E-state index in [1.165, 1.54) is 0 Å². The van der Waals surface area contributed by atoms with Gasteiger partial charge in [-0.1, -0.05) is 29.7 Å². The van der Waals surface area contributed by atoms with E-state index < -0.39 is 0 Å². The van der Waals surface area contributed by atoms with Crippen molar-refractivity contribution in [3.8, 4) is 0 Å². The normalized spacial score (nSPS) is 13.6. The van der Waals surface area contributed by atoms with Crippen molar-refractivity contribution in [1.29, 1.82) is 0 Å². The maximum atomic E-state index is 8.57. The third-order valence-electron chi connectivity index (χ3n) is 2.05. The zero-order valence-electron chi connectivity index (χ0n) is 8.44. The first-order valence-electron chi connectivity index (χ1n) is 4.67. The van der Waals surface area contributed by atoms with Gasteiger partial charge in [0.1, 0.15) is 0 Å². The minimum Gasteiger partial charge on any atom is -0.409 e. The van der Waals surface area contributed by atoms with Crippen LogP contribution in [0.15, 0.2) is 29.4 Å². The second kappa shape index (κ2) is 5.46. The fraction of sp³-hybridized carbons (Fsp3) is 0.300. The van der Waals surface area contributed by atoms with Crippen LogP contribution in [0, 0.1) is 0 Å². The first-order chi connectivity index (χ1) is 7.17. The van der Waals surface area contributed by atoms with E-state index in [4.69, 9.17) is 22.5 Å². The Labute approximate surface area is 93.7 Å². The van der Waals surface area contributed by atoms with Crippen LogP contribution in [0.1, 0.15) is 13.3 Å². The van der Waals surface area contributed by atoms with Crippen molar-refractivity contribution in [2.75, 3.05) is 5.32 Å². The molecule has 4 nitrogen and oxygen atoms in total. The molecule has 0 aliphatic heterocycles. The summed E-state index contributed by atoms with van der Waals surface area (Å²) in [6.07, 6.45) is 0.725. The number of benzene rings is 1. The minimum atomic E-state index is -0.187. The Morgan fingerprint density at radius 2 is 2.40 bits per heavy atom. The first-order valence-corrected chi connectivity index (χ1v) is 5.04. The molecule has 1 atom stereocenters. The standard InChI is InChI=1S/C10H14ClN3O/c1-2-9(10(12)14-15)13-8-5-3-4-7(11)6-8/h3-6,9,13,15H,2H2,1H3,(H2,12,14). The van der Waals surface area contributed by atoms with Crippen LogP contribution in [-0.4, -0.2) is 17.1 Å². The Balaban J connectivity index is 2.75. The molecule has 0 aromatic heterocycles. The van der Waals surface area contributed by atoms with E-state index in [1.54, 1.807) is 12.1 Å². The summed E-state index contributed by atoms with van der Waals surface area (Å²) in [7, 11) is 0. The first kappa shape index (κ1) is 11.7. The molecule has 0 heterocycles. The lowest BCUT2D eigenvalue weighted by Gasteiger charge is -2.16. The molecule has 1 unspecified atom stereocenters. The molecule has 0 bridgehead atoms. The molecule has 0 spiro atoms. The summed E-state index contributed by atoms with van der Waals surface area (Å²) in [6.45, 7) is 1.94. The van der Waals surface area contributed by atoms with E-state index in [9.17, 15) is 0 Å². The lowest BCUT2D eigenvalue weighted by atomic mass is 10.2. The van der Waals surface area contributed by atoms with Crippen molar-refractivity contribution in [3.05, 3.63) is 29.3 Å². The molecule has 0 radical (unpaired) electrons. The molecule has 15 heavy (non-hydrogen) atoms. The molecular formula is C10H14ClN3O. The average molecular weight is 228 g/mol. The van der Waals surface area contributed by atoms with Gasteiger partial charge in [-0.15, -0.1) is 0 Å². The molecule has 1 aromatic rings. The highest BCUT2D eigenvalue weighted by Gasteiger charge is 2.10. The van der Waals surface area contributed by atoms with Crippen molar-refractivity contribution in [2.45, 2.75) is 19.4 Å². The van der Waals surface area contributed by atoms with Gasteiger partial charge in [0.05, 0.1) is 6.04 Å². The fourth-order valence-corrected chi connectivity index (χ4v) is 1.42. The number of halogens is 1. The molecule has 4 N–H and O–H groups in total. The number of anilines is 1. The van der Waals surface area contributed by atoms with Crippen molar-refractivity contribution in [3.63, 3.8) is 0 Å². The summed E-state index contributed by atoms with van der Waals surface area (Å²) in [5.74, 6) is 0.164. The molecule has 5 heteroatoms. The fourth-order valence-electron chi connectivity index (χ4n) is 1.23. The predicted octanol–water partition coefficient (Wildman–Crippen LogP) is 2.28. The summed E-state index contributed by atoms with van der Waals surface area (Å²) >= 11 is 5.83. The van der Waals surface area contributed by atoms with Gasteiger partial charge in [0, 0.05) is 10.7 Å². The molecule has 0 saturated carbocycles. The van der Waals surface area contributed by atoms with Crippen LogP contribution in [0.4, 0.5) is 5.69 Å². The van der Waals surface area contributed by atoms with Crippen LogP contribution in [0.5, 0.6) is 0 Å². The Morgan fingerprint density at radius 3 is 2.93 bits per heavy atom. The second-order valence-electron chi connectivity index (χ2n) is 3.14. The lowest BCUT2D eigenvalue weighted by Crippen LogP contribution is -2.35. The van der Waals surface area contributed by atoms with E-state index in [2.05, 4.69) is 10.5 Å². The van der Waals surface area contributed by atoms with E-state index >= 15 is 0 Å². The quantitative estimate of drug-likeness (QED) is 0.320. The second-order valence-corrected chi connectivity index (χ2v) is 3.58. The van der Waals surface area contributed by atoms with Gasteiger partial charge in [-0.05, 0) is 24.6 Å². The van der Waals surface area contributed by atoms with Crippen LogP contribution in [0.25, 0.3) is 0 Å². The molecule has 0 aliphatic rings. The Kier molecular flexibility index (Phi) is 4.24. The van der Waals surface area contributed by atoms with E-state index in [1.807, 2.05) is 19.1 Å². The maximum absolute atomic E-state index is 8.57. The predicted molar refractivity (Wildman–Crippen MR) is 62.6 cm³/mol. The smallest absolute Gasteiger partial charge is 0.161 e. The van der Waals surface area contributed by atoms with Crippen LogP contribution < -0.4 is 11.1 Å². The van der Waals surface area contributed by atoms with Gasteiger partial charge in [0.2, 0.25) is 0 Å². The molecule has 0 fully saturated rings. The highest BCUT2D eigenvalue weighted by atomic mass is 35.5. The number of nitrogens with one attached hydrogen (secondary N) is 1. The number of nitrogens with zero attached hydrogens (tertiary/aromatic N) is 1. The monoisotopic (exact) mass is 227 g/mol. The highest BCUT2D eigenvalue weighted by Crippen LogP contribution is 2.16. The van der Waals surface area contributed by atoms with Gasteiger partial charge in [0.25, 0.3) is 0 Å². The molecular weight excluding hydrogens is 214 g/mol. The number of rotatable bonds is 4. The summed E-state index contributed by atoms with van der Waals surface area (Å²) in [5, 5.41) is 15.3. The maximum Gasteiger partial charge on any atom is 0.161 e. The highest BCUT2D eigenvalue weighted by molar-refractivity contribution is 6.30. The van der Waals surface area contributed by atoms with Gasteiger partial charge in [-0.25, -0.2) is 0 Å².